The Hall–Kier alpha value is -1.88. The van der Waals surface area contributed by atoms with Gasteiger partial charge >= 0.3 is 0 Å². The zero-order chi connectivity index (χ0) is 14.7. The number of hydrogen-bond acceptors (Lipinski definition) is 2. The number of halogens is 2. The number of nitrogen functional groups attached to an aromatic ring is 1. The van der Waals surface area contributed by atoms with Gasteiger partial charge in [0.1, 0.15) is 5.82 Å². The van der Waals surface area contributed by atoms with Crippen molar-refractivity contribution in [1.82, 2.24) is 5.32 Å². The molecule has 0 aliphatic carbocycles. The number of carbonyl (C=O) groups excluding carboxylic acids is 1. The highest BCUT2D eigenvalue weighted by Gasteiger charge is 2.12. The Morgan fingerprint density at radius 1 is 1.25 bits per heavy atom. The number of anilines is 1. The lowest BCUT2D eigenvalue weighted by Gasteiger charge is -2.14. The molecule has 2 aromatic rings. The van der Waals surface area contributed by atoms with Crippen LogP contribution < -0.4 is 11.1 Å². The number of rotatable bonds is 3. The predicted octanol–water partition coefficient (Wildman–Crippen LogP) is 3.66. The molecule has 0 aliphatic heterocycles. The van der Waals surface area contributed by atoms with Crippen LogP contribution in [0.25, 0.3) is 0 Å². The number of nitrogens with one attached hydrogen (secondary N) is 1. The van der Waals surface area contributed by atoms with E-state index in [0.717, 1.165) is 5.56 Å². The molecule has 0 heterocycles. The van der Waals surface area contributed by atoms with E-state index in [1.165, 1.54) is 12.1 Å². The second kappa shape index (κ2) is 6.05. The van der Waals surface area contributed by atoms with Crippen molar-refractivity contribution in [2.75, 3.05) is 5.73 Å². The van der Waals surface area contributed by atoms with Crippen LogP contribution in [-0.2, 0) is 0 Å². The van der Waals surface area contributed by atoms with E-state index < -0.39 is 0 Å². The minimum Gasteiger partial charge on any atom is -0.398 e. The van der Waals surface area contributed by atoms with E-state index in [2.05, 4.69) is 21.2 Å². The van der Waals surface area contributed by atoms with Gasteiger partial charge in [-0.1, -0.05) is 12.1 Å². The van der Waals surface area contributed by atoms with Gasteiger partial charge in [-0.05, 0) is 58.7 Å². The highest BCUT2D eigenvalue weighted by Crippen LogP contribution is 2.21. The van der Waals surface area contributed by atoms with Gasteiger partial charge in [-0.3, -0.25) is 4.79 Å². The molecule has 0 saturated heterocycles. The Kier molecular flexibility index (Phi) is 4.39. The van der Waals surface area contributed by atoms with Crippen LogP contribution in [0.5, 0.6) is 0 Å². The lowest BCUT2D eigenvalue weighted by molar-refractivity contribution is 0.0940. The highest BCUT2D eigenvalue weighted by atomic mass is 79.9. The smallest absolute Gasteiger partial charge is 0.251 e. The molecule has 3 N–H and O–H groups in total. The molecule has 0 bridgehead atoms. The summed E-state index contributed by atoms with van der Waals surface area (Å²) in [6.07, 6.45) is 0. The molecule has 1 amide bonds. The molecule has 104 valence electrons. The second-order valence-electron chi connectivity index (χ2n) is 4.48. The third-order valence-electron chi connectivity index (χ3n) is 2.98. The van der Waals surface area contributed by atoms with Crippen molar-refractivity contribution in [1.29, 1.82) is 0 Å². The van der Waals surface area contributed by atoms with Crippen molar-refractivity contribution in [3.05, 3.63) is 63.9 Å². The van der Waals surface area contributed by atoms with Gasteiger partial charge in [0.15, 0.2) is 0 Å². The van der Waals surface area contributed by atoms with E-state index in [0.29, 0.717) is 15.7 Å². The number of nitrogens with two attached hydrogens (primary N) is 1. The molecular formula is C15H14BrFN2O. The lowest BCUT2D eigenvalue weighted by atomic mass is 10.1. The maximum atomic E-state index is 12.9. The molecule has 0 radical (unpaired) electrons. The Balaban J connectivity index is 2.10. The van der Waals surface area contributed by atoms with E-state index in [9.17, 15) is 9.18 Å². The van der Waals surface area contributed by atoms with Crippen LogP contribution in [-0.4, -0.2) is 5.91 Å². The van der Waals surface area contributed by atoms with Crippen molar-refractivity contribution < 1.29 is 9.18 Å². The van der Waals surface area contributed by atoms with Crippen molar-refractivity contribution in [3.8, 4) is 0 Å². The third-order valence-corrected chi connectivity index (χ3v) is 3.67. The molecule has 0 aliphatic rings. The monoisotopic (exact) mass is 336 g/mol. The van der Waals surface area contributed by atoms with Crippen LogP contribution in [0.3, 0.4) is 0 Å². The van der Waals surface area contributed by atoms with Gasteiger partial charge < -0.3 is 11.1 Å². The van der Waals surface area contributed by atoms with Crippen LogP contribution in [0.15, 0.2) is 46.9 Å². The summed E-state index contributed by atoms with van der Waals surface area (Å²) >= 11 is 3.29. The van der Waals surface area contributed by atoms with Gasteiger partial charge in [-0.2, -0.15) is 0 Å². The third kappa shape index (κ3) is 3.36. The predicted molar refractivity (Wildman–Crippen MR) is 80.8 cm³/mol. The number of benzene rings is 2. The first-order chi connectivity index (χ1) is 9.47. The number of hydrogen-bond donors (Lipinski definition) is 2. The zero-order valence-electron chi connectivity index (χ0n) is 10.9. The fourth-order valence-corrected chi connectivity index (χ4v) is 2.16. The minimum absolute atomic E-state index is 0.206. The molecule has 20 heavy (non-hydrogen) atoms. The molecule has 0 saturated carbocycles. The quantitative estimate of drug-likeness (QED) is 0.840. The Morgan fingerprint density at radius 3 is 2.50 bits per heavy atom. The maximum Gasteiger partial charge on any atom is 0.251 e. The highest BCUT2D eigenvalue weighted by molar-refractivity contribution is 9.10. The first-order valence-electron chi connectivity index (χ1n) is 6.08. The normalized spacial score (nSPS) is 11.9. The number of carbonyl (C=O) groups is 1. The van der Waals surface area contributed by atoms with Crippen molar-refractivity contribution in [2.24, 2.45) is 0 Å². The van der Waals surface area contributed by atoms with Crippen molar-refractivity contribution in [3.63, 3.8) is 0 Å². The fraction of sp³-hybridized carbons (Fsp3) is 0.133. The summed E-state index contributed by atoms with van der Waals surface area (Å²) in [7, 11) is 0. The topological polar surface area (TPSA) is 55.1 Å². The van der Waals surface area contributed by atoms with Crippen molar-refractivity contribution in [2.45, 2.75) is 13.0 Å². The van der Waals surface area contributed by atoms with E-state index in [-0.39, 0.29) is 17.8 Å². The molecule has 5 heteroatoms. The Bertz CT molecular complexity index is 628. The van der Waals surface area contributed by atoms with E-state index in [4.69, 9.17) is 5.73 Å². The lowest BCUT2D eigenvalue weighted by Crippen LogP contribution is -2.26. The first-order valence-corrected chi connectivity index (χ1v) is 6.88. The molecule has 0 fully saturated rings. The van der Waals surface area contributed by atoms with Gasteiger partial charge in [0.2, 0.25) is 0 Å². The number of amides is 1. The van der Waals surface area contributed by atoms with E-state index >= 15 is 0 Å². The Morgan fingerprint density at radius 2 is 1.90 bits per heavy atom. The SMILES string of the molecule is C[C@@H](NC(=O)c1ccc(N)c(Br)c1)c1ccc(F)cc1. The summed E-state index contributed by atoms with van der Waals surface area (Å²) in [5.41, 5.74) is 7.61. The van der Waals surface area contributed by atoms with E-state index in [1.54, 1.807) is 30.3 Å². The fourth-order valence-electron chi connectivity index (χ4n) is 1.78. The molecule has 1 atom stereocenters. The van der Waals surface area contributed by atoms with Gasteiger partial charge in [0.05, 0.1) is 6.04 Å². The van der Waals surface area contributed by atoms with Crippen LogP contribution in [0, 0.1) is 5.82 Å². The standard InChI is InChI=1S/C15H14BrFN2O/c1-9(10-2-5-12(17)6-3-10)19-15(20)11-4-7-14(18)13(16)8-11/h2-9H,18H2,1H3,(H,19,20)/t9-/m1/s1. The molecule has 3 nitrogen and oxygen atoms in total. The van der Waals surface area contributed by atoms with Gasteiger partial charge in [-0.25, -0.2) is 4.39 Å². The summed E-state index contributed by atoms with van der Waals surface area (Å²) in [4.78, 5) is 12.1. The second-order valence-corrected chi connectivity index (χ2v) is 5.34. The largest absolute Gasteiger partial charge is 0.398 e. The van der Waals surface area contributed by atoms with Crippen LogP contribution in [0.4, 0.5) is 10.1 Å². The van der Waals surface area contributed by atoms with Gasteiger partial charge in [0.25, 0.3) is 5.91 Å². The summed E-state index contributed by atoms with van der Waals surface area (Å²) in [6, 6.07) is 10.8. The van der Waals surface area contributed by atoms with Gasteiger partial charge in [-0.15, -0.1) is 0 Å². The summed E-state index contributed by atoms with van der Waals surface area (Å²) in [5.74, 6) is -0.503. The summed E-state index contributed by atoms with van der Waals surface area (Å²) in [5, 5.41) is 2.86. The maximum absolute atomic E-state index is 12.9. The zero-order valence-corrected chi connectivity index (χ0v) is 12.4. The molecule has 2 aromatic carbocycles. The van der Waals surface area contributed by atoms with Crippen LogP contribution in [0.1, 0.15) is 28.9 Å². The van der Waals surface area contributed by atoms with Crippen LogP contribution >= 0.6 is 15.9 Å². The molecular weight excluding hydrogens is 323 g/mol. The Labute approximate surface area is 125 Å². The summed E-state index contributed by atoms with van der Waals surface area (Å²) in [6.45, 7) is 1.84. The molecule has 0 spiro atoms. The summed E-state index contributed by atoms with van der Waals surface area (Å²) < 4.78 is 13.5. The minimum atomic E-state index is -0.297. The van der Waals surface area contributed by atoms with E-state index in [1.807, 2.05) is 6.92 Å². The first kappa shape index (κ1) is 14.5. The molecule has 2 rings (SSSR count). The van der Waals surface area contributed by atoms with Crippen molar-refractivity contribution >= 4 is 27.5 Å². The van der Waals surface area contributed by atoms with Gasteiger partial charge in [0, 0.05) is 15.7 Å². The average molecular weight is 337 g/mol. The molecule has 0 unspecified atom stereocenters. The van der Waals surface area contributed by atoms with Crippen LogP contribution in [0.2, 0.25) is 0 Å². The molecule has 0 aromatic heterocycles. The average Bonchev–Trinajstić information content (AvgIpc) is 2.42.